The molecule has 33 heavy (non-hydrogen) atoms. The minimum Gasteiger partial charge on any atom is -0.480 e. The molecular weight excluding hydrogens is 420 g/mol. The molecule has 7 heteroatoms. The molecule has 1 saturated heterocycles. The van der Waals surface area contributed by atoms with Crippen LogP contribution in [0.15, 0.2) is 48.5 Å². The van der Waals surface area contributed by atoms with Crippen LogP contribution in [-0.2, 0) is 14.3 Å². The number of carbonyl (C=O) groups excluding carboxylic acids is 2. The number of alkyl carbamates (subject to hydrolysis) is 1. The van der Waals surface area contributed by atoms with E-state index in [2.05, 4.69) is 29.6 Å². The summed E-state index contributed by atoms with van der Waals surface area (Å²) in [6, 6.07) is 15.4. The molecule has 4 rings (SSSR count). The molecule has 2 N–H and O–H groups in total. The number of ether oxygens (including phenoxy) is 1. The summed E-state index contributed by atoms with van der Waals surface area (Å²) in [6.07, 6.45) is 1.44. The Morgan fingerprint density at radius 1 is 1.03 bits per heavy atom. The summed E-state index contributed by atoms with van der Waals surface area (Å²) >= 11 is 0. The van der Waals surface area contributed by atoms with Crippen LogP contribution in [0, 0.1) is 5.41 Å². The third-order valence-electron chi connectivity index (χ3n) is 6.65. The highest BCUT2D eigenvalue weighted by molar-refractivity contribution is 5.88. The molecule has 2 amide bonds. The molecule has 0 saturated carbocycles. The Morgan fingerprint density at radius 3 is 2.24 bits per heavy atom. The zero-order chi connectivity index (χ0) is 23.6. The fourth-order valence-corrected chi connectivity index (χ4v) is 4.84. The lowest BCUT2D eigenvalue weighted by atomic mass is 9.89. The maximum atomic E-state index is 13.1. The Kier molecular flexibility index (Phi) is 6.40. The molecule has 0 spiro atoms. The summed E-state index contributed by atoms with van der Waals surface area (Å²) < 4.78 is 5.55. The van der Waals surface area contributed by atoms with Crippen LogP contribution in [0.1, 0.15) is 50.2 Å². The van der Waals surface area contributed by atoms with Crippen LogP contribution in [0.25, 0.3) is 11.1 Å². The lowest BCUT2D eigenvalue weighted by molar-refractivity contribution is -0.156. The lowest BCUT2D eigenvalue weighted by Gasteiger charge is -2.38. The SMILES string of the molecule is CC(C)(CNC(=O)OCC1c2ccccc2-c2ccccc21)C(=O)N1CCCC[C@@H]1C(=O)O. The van der Waals surface area contributed by atoms with Gasteiger partial charge in [0.15, 0.2) is 0 Å². The Morgan fingerprint density at radius 2 is 1.64 bits per heavy atom. The van der Waals surface area contributed by atoms with Crippen molar-refractivity contribution in [2.24, 2.45) is 5.41 Å². The number of benzene rings is 2. The van der Waals surface area contributed by atoms with Crippen molar-refractivity contribution in [1.29, 1.82) is 0 Å². The fourth-order valence-electron chi connectivity index (χ4n) is 4.84. The maximum absolute atomic E-state index is 13.1. The van der Waals surface area contributed by atoms with Crippen molar-refractivity contribution in [3.8, 4) is 11.1 Å². The first-order valence-electron chi connectivity index (χ1n) is 11.4. The number of likely N-dealkylation sites (tertiary alicyclic amines) is 1. The monoisotopic (exact) mass is 450 g/mol. The molecule has 1 fully saturated rings. The van der Waals surface area contributed by atoms with Crippen LogP contribution < -0.4 is 5.32 Å². The van der Waals surface area contributed by atoms with E-state index in [-0.39, 0.29) is 25.0 Å². The summed E-state index contributed by atoms with van der Waals surface area (Å²) in [6.45, 7) is 4.11. The zero-order valence-corrected chi connectivity index (χ0v) is 19.0. The first-order chi connectivity index (χ1) is 15.8. The minimum atomic E-state index is -0.983. The van der Waals surface area contributed by atoms with Crippen LogP contribution in [0.4, 0.5) is 4.79 Å². The molecule has 0 unspecified atom stereocenters. The molecule has 1 aliphatic carbocycles. The highest BCUT2D eigenvalue weighted by Gasteiger charge is 2.39. The Labute approximate surface area is 193 Å². The van der Waals surface area contributed by atoms with Crippen molar-refractivity contribution in [2.45, 2.75) is 45.1 Å². The topological polar surface area (TPSA) is 95.9 Å². The number of hydrogen-bond acceptors (Lipinski definition) is 4. The van der Waals surface area contributed by atoms with Gasteiger partial charge in [-0.2, -0.15) is 0 Å². The number of carboxylic acid groups (broad SMARTS) is 1. The van der Waals surface area contributed by atoms with Gasteiger partial charge in [0.05, 0.1) is 5.41 Å². The molecule has 0 bridgehead atoms. The molecule has 0 aromatic heterocycles. The van der Waals surface area contributed by atoms with Crippen molar-refractivity contribution in [3.63, 3.8) is 0 Å². The Bertz CT molecular complexity index is 1020. The average Bonchev–Trinajstić information content (AvgIpc) is 3.14. The number of aliphatic carboxylic acids is 1. The van der Waals surface area contributed by atoms with E-state index in [4.69, 9.17) is 4.74 Å². The summed E-state index contributed by atoms with van der Waals surface area (Å²) in [4.78, 5) is 38.5. The van der Waals surface area contributed by atoms with Gasteiger partial charge < -0.3 is 20.1 Å². The molecular formula is C26H30N2O5. The molecule has 1 heterocycles. The Hall–Kier alpha value is -3.35. The number of hydrogen-bond donors (Lipinski definition) is 2. The van der Waals surface area contributed by atoms with Crippen molar-refractivity contribution in [3.05, 3.63) is 59.7 Å². The lowest BCUT2D eigenvalue weighted by Crippen LogP contribution is -2.54. The molecule has 7 nitrogen and oxygen atoms in total. The van der Waals surface area contributed by atoms with Gasteiger partial charge in [-0.25, -0.2) is 9.59 Å². The second kappa shape index (κ2) is 9.25. The highest BCUT2D eigenvalue weighted by Crippen LogP contribution is 2.44. The predicted molar refractivity (Wildman–Crippen MR) is 124 cm³/mol. The van der Waals surface area contributed by atoms with E-state index in [0.29, 0.717) is 13.0 Å². The number of piperidine rings is 1. The number of nitrogens with one attached hydrogen (secondary N) is 1. The molecule has 174 valence electrons. The number of nitrogens with zero attached hydrogens (tertiary/aromatic N) is 1. The highest BCUT2D eigenvalue weighted by atomic mass is 16.5. The van der Waals surface area contributed by atoms with Gasteiger partial charge in [0.25, 0.3) is 0 Å². The van der Waals surface area contributed by atoms with Gasteiger partial charge in [-0.05, 0) is 55.4 Å². The molecule has 1 aliphatic heterocycles. The number of amides is 2. The normalized spacial score (nSPS) is 17.8. The van der Waals surface area contributed by atoms with Crippen molar-refractivity contribution >= 4 is 18.0 Å². The van der Waals surface area contributed by atoms with Gasteiger partial charge in [-0.1, -0.05) is 48.5 Å². The van der Waals surface area contributed by atoms with Crippen LogP contribution in [0.3, 0.4) is 0 Å². The van der Waals surface area contributed by atoms with E-state index in [1.54, 1.807) is 13.8 Å². The summed E-state index contributed by atoms with van der Waals surface area (Å²) in [5, 5.41) is 12.2. The standard InChI is InChI=1S/C26H30N2O5/c1-26(2,24(31)28-14-8-7-13-22(28)23(29)30)16-27-25(32)33-15-21-19-11-5-3-9-17(19)18-10-4-6-12-20(18)21/h3-6,9-12,21-22H,7-8,13-16H2,1-2H3,(H,27,32)(H,29,30)/t22-/m1/s1. The average molecular weight is 451 g/mol. The summed E-state index contributed by atoms with van der Waals surface area (Å²) in [5.41, 5.74) is 3.63. The molecule has 2 aromatic carbocycles. The number of carbonyl (C=O) groups is 3. The van der Waals surface area contributed by atoms with E-state index in [1.807, 2.05) is 24.3 Å². The van der Waals surface area contributed by atoms with Crippen LogP contribution in [-0.4, -0.2) is 53.7 Å². The van der Waals surface area contributed by atoms with Crippen LogP contribution >= 0.6 is 0 Å². The molecule has 2 aromatic rings. The first-order valence-corrected chi connectivity index (χ1v) is 11.4. The van der Waals surface area contributed by atoms with Gasteiger partial charge in [-0.3, -0.25) is 4.79 Å². The smallest absolute Gasteiger partial charge is 0.407 e. The largest absolute Gasteiger partial charge is 0.480 e. The van der Waals surface area contributed by atoms with Crippen LogP contribution in [0.2, 0.25) is 0 Å². The quantitative estimate of drug-likeness (QED) is 0.693. The van der Waals surface area contributed by atoms with Gasteiger partial charge in [0.1, 0.15) is 12.6 Å². The van der Waals surface area contributed by atoms with Crippen molar-refractivity contribution < 1.29 is 24.2 Å². The van der Waals surface area contributed by atoms with E-state index >= 15 is 0 Å². The zero-order valence-electron chi connectivity index (χ0n) is 19.0. The number of carboxylic acids is 1. The predicted octanol–water partition coefficient (Wildman–Crippen LogP) is 4.02. The number of fused-ring (bicyclic) bond motifs is 3. The summed E-state index contributed by atoms with van der Waals surface area (Å²) in [7, 11) is 0. The van der Waals surface area contributed by atoms with Gasteiger partial charge in [-0.15, -0.1) is 0 Å². The number of rotatable bonds is 6. The van der Waals surface area contributed by atoms with Crippen molar-refractivity contribution in [2.75, 3.05) is 19.7 Å². The fraction of sp³-hybridized carbons (Fsp3) is 0.423. The third kappa shape index (κ3) is 4.58. The van der Waals surface area contributed by atoms with Gasteiger partial charge >= 0.3 is 12.1 Å². The third-order valence-corrected chi connectivity index (χ3v) is 6.65. The minimum absolute atomic E-state index is 0.0394. The molecule has 0 radical (unpaired) electrons. The maximum Gasteiger partial charge on any atom is 0.407 e. The van der Waals surface area contributed by atoms with E-state index < -0.39 is 23.5 Å². The van der Waals surface area contributed by atoms with E-state index in [9.17, 15) is 19.5 Å². The van der Waals surface area contributed by atoms with E-state index in [1.165, 1.54) is 4.90 Å². The van der Waals surface area contributed by atoms with Gasteiger partial charge in [0.2, 0.25) is 5.91 Å². The molecule has 2 aliphatic rings. The van der Waals surface area contributed by atoms with Crippen LogP contribution in [0.5, 0.6) is 0 Å². The second-order valence-corrected chi connectivity index (χ2v) is 9.41. The Balaban J connectivity index is 1.36. The summed E-state index contributed by atoms with van der Waals surface area (Å²) in [5.74, 6) is -1.29. The van der Waals surface area contributed by atoms with Gasteiger partial charge in [0, 0.05) is 19.0 Å². The van der Waals surface area contributed by atoms with E-state index in [0.717, 1.165) is 35.1 Å². The van der Waals surface area contributed by atoms with Crippen molar-refractivity contribution in [1.82, 2.24) is 10.2 Å². The molecule has 1 atom stereocenters. The first kappa shape index (κ1) is 22.8. The second-order valence-electron chi connectivity index (χ2n) is 9.41.